The quantitative estimate of drug-likeness (QED) is 0.585. The lowest BCUT2D eigenvalue weighted by Crippen LogP contribution is -2.31. The summed E-state index contributed by atoms with van der Waals surface area (Å²) in [6.07, 6.45) is 2.42. The van der Waals surface area contributed by atoms with Crippen LogP contribution >= 0.6 is 0 Å². The molecular formula is C12H24N2O3. The number of nitrogens with one attached hydrogen (secondary N) is 1. The Morgan fingerprint density at radius 2 is 1.88 bits per heavy atom. The fourth-order valence-corrected chi connectivity index (χ4v) is 1.38. The summed E-state index contributed by atoms with van der Waals surface area (Å²) in [4.78, 5) is 21.9. The van der Waals surface area contributed by atoms with Crippen molar-refractivity contribution in [2.75, 3.05) is 6.54 Å². The molecule has 0 heterocycles. The number of aliphatic carboxylic acids is 1. The van der Waals surface area contributed by atoms with E-state index in [2.05, 4.69) is 5.32 Å². The minimum atomic E-state index is -0.971. The molecule has 0 unspecified atom stereocenters. The third-order valence-electron chi connectivity index (χ3n) is 2.27. The van der Waals surface area contributed by atoms with Gasteiger partial charge in [0.25, 0.3) is 0 Å². The van der Waals surface area contributed by atoms with Crippen molar-refractivity contribution in [2.45, 2.75) is 52.5 Å². The van der Waals surface area contributed by atoms with Crippen LogP contribution in [0.3, 0.4) is 0 Å². The second-order valence-corrected chi connectivity index (χ2v) is 5.53. The maximum absolute atomic E-state index is 11.4. The summed E-state index contributed by atoms with van der Waals surface area (Å²) in [5, 5.41) is 11.4. The van der Waals surface area contributed by atoms with Crippen molar-refractivity contribution >= 4 is 11.9 Å². The Morgan fingerprint density at radius 3 is 2.35 bits per heavy atom. The number of amides is 1. The van der Waals surface area contributed by atoms with Crippen molar-refractivity contribution in [3.8, 4) is 0 Å². The number of unbranched alkanes of at least 4 members (excludes halogenated alkanes) is 1. The third kappa shape index (κ3) is 9.81. The van der Waals surface area contributed by atoms with Gasteiger partial charge in [0, 0.05) is 13.0 Å². The number of rotatable bonds is 7. The second-order valence-electron chi connectivity index (χ2n) is 5.53. The molecule has 0 saturated carbocycles. The van der Waals surface area contributed by atoms with Crippen molar-refractivity contribution < 1.29 is 14.7 Å². The zero-order chi connectivity index (χ0) is 13.5. The van der Waals surface area contributed by atoms with E-state index in [0.29, 0.717) is 25.8 Å². The van der Waals surface area contributed by atoms with E-state index in [-0.39, 0.29) is 11.3 Å². The van der Waals surface area contributed by atoms with Gasteiger partial charge < -0.3 is 16.2 Å². The van der Waals surface area contributed by atoms with Gasteiger partial charge in [-0.05, 0) is 24.7 Å². The predicted octanol–water partition coefficient (Wildman–Crippen LogP) is 1.12. The first-order chi connectivity index (χ1) is 7.72. The number of carbonyl (C=O) groups is 2. The zero-order valence-corrected chi connectivity index (χ0v) is 11.0. The highest BCUT2D eigenvalue weighted by Crippen LogP contribution is 2.17. The van der Waals surface area contributed by atoms with E-state index in [0.717, 1.165) is 6.42 Å². The molecule has 0 bridgehead atoms. The molecular weight excluding hydrogens is 220 g/mol. The molecule has 100 valence electrons. The van der Waals surface area contributed by atoms with E-state index in [1.807, 2.05) is 20.8 Å². The maximum atomic E-state index is 11.4. The zero-order valence-electron chi connectivity index (χ0n) is 11.0. The molecule has 0 rings (SSSR count). The lowest BCUT2D eigenvalue weighted by molar-refractivity contribution is -0.138. The van der Waals surface area contributed by atoms with Crippen LogP contribution in [0.2, 0.25) is 0 Å². The SMILES string of the molecule is CC(C)(C)CC(=O)NCCCC[C@H](N)C(=O)O. The van der Waals surface area contributed by atoms with Gasteiger partial charge in [0.2, 0.25) is 5.91 Å². The van der Waals surface area contributed by atoms with Crippen LogP contribution in [0.1, 0.15) is 46.5 Å². The van der Waals surface area contributed by atoms with E-state index < -0.39 is 12.0 Å². The Kier molecular flexibility index (Phi) is 6.80. The van der Waals surface area contributed by atoms with Gasteiger partial charge in [-0.3, -0.25) is 9.59 Å². The molecule has 1 atom stereocenters. The van der Waals surface area contributed by atoms with Gasteiger partial charge in [-0.15, -0.1) is 0 Å². The first-order valence-electron chi connectivity index (χ1n) is 5.97. The van der Waals surface area contributed by atoms with Gasteiger partial charge in [-0.1, -0.05) is 20.8 Å². The van der Waals surface area contributed by atoms with E-state index in [9.17, 15) is 9.59 Å². The molecule has 0 aliphatic carbocycles. The fourth-order valence-electron chi connectivity index (χ4n) is 1.38. The standard InChI is InChI=1S/C12H24N2O3/c1-12(2,3)8-10(15)14-7-5-4-6-9(13)11(16)17/h9H,4-8,13H2,1-3H3,(H,14,15)(H,16,17)/t9-/m0/s1. The van der Waals surface area contributed by atoms with E-state index in [4.69, 9.17) is 10.8 Å². The van der Waals surface area contributed by atoms with Crippen molar-refractivity contribution in [3.05, 3.63) is 0 Å². The summed E-state index contributed by atoms with van der Waals surface area (Å²) in [7, 11) is 0. The number of carbonyl (C=O) groups excluding carboxylic acids is 1. The van der Waals surface area contributed by atoms with Gasteiger partial charge >= 0.3 is 5.97 Å². The van der Waals surface area contributed by atoms with Gasteiger partial charge in [-0.2, -0.15) is 0 Å². The molecule has 5 heteroatoms. The average molecular weight is 244 g/mol. The number of carboxylic acids is 1. The Labute approximate surface area is 103 Å². The Morgan fingerprint density at radius 1 is 1.29 bits per heavy atom. The molecule has 1 amide bonds. The molecule has 4 N–H and O–H groups in total. The van der Waals surface area contributed by atoms with Gasteiger partial charge in [0.15, 0.2) is 0 Å². The lowest BCUT2D eigenvalue weighted by Gasteiger charge is -2.17. The molecule has 0 saturated heterocycles. The van der Waals surface area contributed by atoms with Crippen molar-refractivity contribution in [1.82, 2.24) is 5.32 Å². The van der Waals surface area contributed by atoms with Crippen molar-refractivity contribution in [2.24, 2.45) is 11.1 Å². The second kappa shape index (κ2) is 7.27. The van der Waals surface area contributed by atoms with Crippen LogP contribution in [0.15, 0.2) is 0 Å². The number of carboxylic acid groups (broad SMARTS) is 1. The van der Waals surface area contributed by atoms with Crippen molar-refractivity contribution in [3.63, 3.8) is 0 Å². The Bertz CT molecular complexity index is 259. The molecule has 0 aliphatic heterocycles. The van der Waals surface area contributed by atoms with Crippen molar-refractivity contribution in [1.29, 1.82) is 0 Å². The maximum Gasteiger partial charge on any atom is 0.320 e. The van der Waals surface area contributed by atoms with Crippen LogP contribution in [0, 0.1) is 5.41 Å². The highest BCUT2D eigenvalue weighted by atomic mass is 16.4. The first-order valence-corrected chi connectivity index (χ1v) is 5.97. The topological polar surface area (TPSA) is 92.4 Å². The average Bonchev–Trinajstić information content (AvgIpc) is 2.13. The highest BCUT2D eigenvalue weighted by Gasteiger charge is 2.15. The van der Waals surface area contributed by atoms with Gasteiger partial charge in [-0.25, -0.2) is 0 Å². The highest BCUT2D eigenvalue weighted by molar-refractivity contribution is 5.76. The van der Waals surface area contributed by atoms with Gasteiger partial charge in [0.05, 0.1) is 0 Å². The molecule has 5 nitrogen and oxygen atoms in total. The largest absolute Gasteiger partial charge is 0.480 e. The summed E-state index contributed by atoms with van der Waals surface area (Å²) >= 11 is 0. The summed E-state index contributed by atoms with van der Waals surface area (Å²) in [6, 6.07) is -0.791. The smallest absolute Gasteiger partial charge is 0.320 e. The van der Waals surface area contributed by atoms with Crippen LogP contribution < -0.4 is 11.1 Å². The molecule has 0 fully saturated rings. The summed E-state index contributed by atoms with van der Waals surface area (Å²) in [5.41, 5.74) is 5.35. The molecule has 0 aromatic rings. The summed E-state index contributed by atoms with van der Waals surface area (Å²) in [5.74, 6) is -0.929. The fraction of sp³-hybridized carbons (Fsp3) is 0.833. The molecule has 0 radical (unpaired) electrons. The number of hydrogen-bond acceptors (Lipinski definition) is 3. The van der Waals surface area contributed by atoms with Gasteiger partial charge in [0.1, 0.15) is 6.04 Å². The van der Waals surface area contributed by atoms with E-state index in [1.165, 1.54) is 0 Å². The molecule has 0 aliphatic rings. The van der Waals surface area contributed by atoms with Crippen LogP contribution in [-0.2, 0) is 9.59 Å². The first kappa shape index (κ1) is 15.9. The van der Waals surface area contributed by atoms with Crippen LogP contribution in [0.25, 0.3) is 0 Å². The summed E-state index contributed by atoms with van der Waals surface area (Å²) < 4.78 is 0. The van der Waals surface area contributed by atoms with Crippen LogP contribution in [0.4, 0.5) is 0 Å². The number of nitrogens with two attached hydrogens (primary N) is 1. The van der Waals surface area contributed by atoms with E-state index >= 15 is 0 Å². The molecule has 0 aromatic carbocycles. The monoisotopic (exact) mass is 244 g/mol. The number of hydrogen-bond donors (Lipinski definition) is 3. The minimum absolute atomic E-state index is 0.00422. The van der Waals surface area contributed by atoms with Crippen LogP contribution in [0.5, 0.6) is 0 Å². The normalized spacial score (nSPS) is 13.2. The molecule has 0 aromatic heterocycles. The predicted molar refractivity (Wildman–Crippen MR) is 66.5 cm³/mol. The molecule has 17 heavy (non-hydrogen) atoms. The van der Waals surface area contributed by atoms with E-state index in [1.54, 1.807) is 0 Å². The molecule has 0 spiro atoms. The Hall–Kier alpha value is -1.10. The van der Waals surface area contributed by atoms with Crippen LogP contribution in [-0.4, -0.2) is 29.6 Å². The summed E-state index contributed by atoms with van der Waals surface area (Å²) in [6.45, 7) is 6.62. The Balaban J connectivity index is 3.52. The minimum Gasteiger partial charge on any atom is -0.480 e. The third-order valence-corrected chi connectivity index (χ3v) is 2.27. The lowest BCUT2D eigenvalue weighted by atomic mass is 9.92.